The van der Waals surface area contributed by atoms with Crippen LogP contribution in [0.1, 0.15) is 12.5 Å². The maximum Gasteiger partial charge on any atom is 0.325 e. The van der Waals surface area contributed by atoms with Gasteiger partial charge in [0.25, 0.3) is 5.91 Å². The summed E-state index contributed by atoms with van der Waals surface area (Å²) in [4.78, 5) is 26.3. The molecule has 0 radical (unpaired) electrons. The molecule has 0 aromatic heterocycles. The smallest absolute Gasteiger partial charge is 0.325 e. The van der Waals surface area contributed by atoms with E-state index in [1.807, 2.05) is 0 Å². The van der Waals surface area contributed by atoms with Crippen LogP contribution in [0.2, 0.25) is 10.0 Å². The number of benzene rings is 2. The summed E-state index contributed by atoms with van der Waals surface area (Å²) in [6, 6.07) is 11.4. The molecular formula is C19H18Cl2N2O4. The van der Waals surface area contributed by atoms with Crippen LogP contribution in [-0.2, 0) is 10.3 Å². The van der Waals surface area contributed by atoms with E-state index in [1.54, 1.807) is 56.5 Å². The maximum atomic E-state index is 12.9. The van der Waals surface area contributed by atoms with Crippen LogP contribution in [0.25, 0.3) is 0 Å². The van der Waals surface area contributed by atoms with E-state index < -0.39 is 11.6 Å². The summed E-state index contributed by atoms with van der Waals surface area (Å²) in [5, 5.41) is 3.61. The normalized spacial score (nSPS) is 19.2. The van der Waals surface area contributed by atoms with Gasteiger partial charge >= 0.3 is 6.03 Å². The molecule has 3 amide bonds. The Hall–Kier alpha value is -2.44. The summed E-state index contributed by atoms with van der Waals surface area (Å²) >= 11 is 11.9. The first-order chi connectivity index (χ1) is 12.8. The second kappa shape index (κ2) is 7.66. The molecule has 1 aliphatic rings. The fraction of sp³-hybridized carbons (Fsp3) is 0.263. The summed E-state index contributed by atoms with van der Waals surface area (Å²) in [5.74, 6) is 0.763. The number of urea groups is 1. The minimum absolute atomic E-state index is 0.0926. The zero-order chi connectivity index (χ0) is 19.6. The van der Waals surface area contributed by atoms with Crippen LogP contribution < -0.4 is 14.8 Å². The highest BCUT2D eigenvalue weighted by Gasteiger charge is 2.48. The SMILES string of the molecule is COc1ccc(C2(C)NC(=O)N(CCOc3ccc(Cl)cc3Cl)C2=O)cc1. The van der Waals surface area contributed by atoms with Gasteiger partial charge in [0.1, 0.15) is 23.6 Å². The van der Waals surface area contributed by atoms with Crippen molar-refractivity contribution in [2.24, 2.45) is 0 Å². The number of ether oxygens (including phenoxy) is 2. The topological polar surface area (TPSA) is 67.9 Å². The second-order valence-corrected chi connectivity index (χ2v) is 7.01. The third kappa shape index (κ3) is 3.82. The Kier molecular flexibility index (Phi) is 5.48. The molecule has 27 heavy (non-hydrogen) atoms. The van der Waals surface area contributed by atoms with E-state index in [4.69, 9.17) is 32.7 Å². The summed E-state index contributed by atoms with van der Waals surface area (Å²) in [5.41, 5.74) is -0.466. The zero-order valence-electron chi connectivity index (χ0n) is 14.8. The van der Waals surface area contributed by atoms with Crippen LogP contribution >= 0.6 is 23.2 Å². The lowest BCUT2D eigenvalue weighted by Crippen LogP contribution is -2.41. The Balaban J connectivity index is 1.68. The van der Waals surface area contributed by atoms with Crippen molar-refractivity contribution in [3.8, 4) is 11.5 Å². The van der Waals surface area contributed by atoms with Crippen molar-refractivity contribution in [2.75, 3.05) is 20.3 Å². The van der Waals surface area contributed by atoms with Gasteiger partial charge in [-0.1, -0.05) is 35.3 Å². The highest BCUT2D eigenvalue weighted by atomic mass is 35.5. The standard InChI is InChI=1S/C19H18Cl2N2O4/c1-19(12-3-6-14(26-2)7-4-12)17(24)23(18(25)22-19)9-10-27-16-8-5-13(20)11-15(16)21/h3-8,11H,9-10H2,1-2H3,(H,22,25). The van der Waals surface area contributed by atoms with Gasteiger partial charge in [0.05, 0.1) is 18.7 Å². The number of hydrogen-bond donors (Lipinski definition) is 1. The third-order valence-electron chi connectivity index (χ3n) is 4.41. The van der Waals surface area contributed by atoms with Crippen molar-refractivity contribution in [1.29, 1.82) is 0 Å². The van der Waals surface area contributed by atoms with Gasteiger partial charge in [-0.25, -0.2) is 4.79 Å². The van der Waals surface area contributed by atoms with E-state index in [2.05, 4.69) is 5.32 Å². The van der Waals surface area contributed by atoms with Crippen molar-refractivity contribution in [1.82, 2.24) is 10.2 Å². The average molecular weight is 409 g/mol. The van der Waals surface area contributed by atoms with Gasteiger partial charge in [-0.3, -0.25) is 9.69 Å². The molecule has 0 aliphatic carbocycles. The Morgan fingerprint density at radius 1 is 1.11 bits per heavy atom. The fourth-order valence-corrected chi connectivity index (χ4v) is 3.32. The Bertz CT molecular complexity index is 873. The van der Waals surface area contributed by atoms with Gasteiger partial charge in [0.2, 0.25) is 0 Å². The van der Waals surface area contributed by atoms with Crippen molar-refractivity contribution in [3.05, 3.63) is 58.1 Å². The first-order valence-corrected chi connectivity index (χ1v) is 8.97. The van der Waals surface area contributed by atoms with Crippen LogP contribution in [0.4, 0.5) is 4.79 Å². The molecule has 1 N–H and O–H groups in total. The molecule has 6 nitrogen and oxygen atoms in total. The minimum Gasteiger partial charge on any atom is -0.497 e. The second-order valence-electron chi connectivity index (χ2n) is 6.16. The first kappa shape index (κ1) is 19.3. The number of methoxy groups -OCH3 is 1. The van der Waals surface area contributed by atoms with Gasteiger partial charge < -0.3 is 14.8 Å². The Labute approximate surface area is 167 Å². The lowest BCUT2D eigenvalue weighted by molar-refractivity contribution is -0.131. The molecule has 2 aromatic rings. The van der Waals surface area contributed by atoms with E-state index in [0.717, 1.165) is 4.90 Å². The average Bonchev–Trinajstić information content (AvgIpc) is 2.87. The predicted octanol–water partition coefficient (Wildman–Crippen LogP) is 3.85. The molecule has 1 fully saturated rings. The summed E-state index contributed by atoms with van der Waals surface area (Å²) in [7, 11) is 1.56. The number of hydrogen-bond acceptors (Lipinski definition) is 4. The van der Waals surface area contributed by atoms with Gasteiger partial charge in [-0.05, 0) is 42.8 Å². The minimum atomic E-state index is -1.14. The Morgan fingerprint density at radius 2 is 1.81 bits per heavy atom. The number of rotatable bonds is 6. The van der Waals surface area contributed by atoms with Crippen molar-refractivity contribution in [3.63, 3.8) is 0 Å². The highest BCUT2D eigenvalue weighted by molar-refractivity contribution is 6.35. The predicted molar refractivity (Wildman–Crippen MR) is 103 cm³/mol. The fourth-order valence-electron chi connectivity index (χ4n) is 2.86. The third-order valence-corrected chi connectivity index (χ3v) is 4.94. The molecule has 3 rings (SSSR count). The number of amides is 3. The number of halogens is 2. The number of imide groups is 1. The van der Waals surface area contributed by atoms with Crippen LogP contribution in [0.15, 0.2) is 42.5 Å². The van der Waals surface area contributed by atoms with Gasteiger partial charge in [-0.2, -0.15) is 0 Å². The number of nitrogens with one attached hydrogen (secondary N) is 1. The lowest BCUT2D eigenvalue weighted by atomic mass is 9.92. The summed E-state index contributed by atoms with van der Waals surface area (Å²) < 4.78 is 10.7. The number of carbonyl (C=O) groups is 2. The summed E-state index contributed by atoms with van der Waals surface area (Å²) in [6.45, 7) is 1.88. The molecule has 1 atom stereocenters. The van der Waals surface area contributed by atoms with Crippen molar-refractivity contribution < 1.29 is 19.1 Å². The molecule has 1 unspecified atom stereocenters. The van der Waals surface area contributed by atoms with Gasteiger partial charge in [0, 0.05) is 5.02 Å². The van der Waals surface area contributed by atoms with E-state index in [9.17, 15) is 9.59 Å². The molecule has 0 saturated carbocycles. The maximum absolute atomic E-state index is 12.9. The van der Waals surface area contributed by atoms with Crippen molar-refractivity contribution >= 4 is 35.1 Å². The number of carbonyl (C=O) groups excluding carboxylic acids is 2. The molecule has 142 valence electrons. The molecule has 8 heteroatoms. The molecule has 1 aliphatic heterocycles. The van der Waals surface area contributed by atoms with Gasteiger partial charge in [-0.15, -0.1) is 0 Å². The van der Waals surface area contributed by atoms with Crippen LogP contribution in [0.5, 0.6) is 11.5 Å². The number of nitrogens with zero attached hydrogens (tertiary/aromatic N) is 1. The molecule has 0 spiro atoms. The molecule has 0 bridgehead atoms. The monoisotopic (exact) mass is 408 g/mol. The van der Waals surface area contributed by atoms with Gasteiger partial charge in [0.15, 0.2) is 0 Å². The highest BCUT2D eigenvalue weighted by Crippen LogP contribution is 2.30. The zero-order valence-corrected chi connectivity index (χ0v) is 16.3. The molecule has 2 aromatic carbocycles. The Morgan fingerprint density at radius 3 is 2.44 bits per heavy atom. The quantitative estimate of drug-likeness (QED) is 0.737. The van der Waals surface area contributed by atoms with Crippen LogP contribution in [0, 0.1) is 0 Å². The lowest BCUT2D eigenvalue weighted by Gasteiger charge is -2.22. The van der Waals surface area contributed by atoms with Crippen molar-refractivity contribution in [2.45, 2.75) is 12.5 Å². The van der Waals surface area contributed by atoms with E-state index >= 15 is 0 Å². The van der Waals surface area contributed by atoms with Crippen LogP contribution in [0.3, 0.4) is 0 Å². The van der Waals surface area contributed by atoms with E-state index in [0.29, 0.717) is 27.1 Å². The largest absolute Gasteiger partial charge is 0.497 e. The van der Waals surface area contributed by atoms with E-state index in [1.165, 1.54) is 0 Å². The first-order valence-electron chi connectivity index (χ1n) is 8.21. The molecule has 1 heterocycles. The van der Waals surface area contributed by atoms with E-state index in [-0.39, 0.29) is 19.1 Å². The molecule has 1 saturated heterocycles. The summed E-state index contributed by atoms with van der Waals surface area (Å²) in [6.07, 6.45) is 0. The molecular weight excluding hydrogens is 391 g/mol. The van der Waals surface area contributed by atoms with Crippen LogP contribution in [-0.4, -0.2) is 37.1 Å².